The molecule has 1 aliphatic rings. The topological polar surface area (TPSA) is 247 Å². The van der Waals surface area contributed by atoms with Gasteiger partial charge in [0, 0.05) is 47.0 Å². The van der Waals surface area contributed by atoms with Crippen molar-refractivity contribution in [3.05, 3.63) is 83.2 Å². The zero-order valence-corrected chi connectivity index (χ0v) is 33.8. The molecular weight excluding hydrogens is 764 g/mol. The Morgan fingerprint density at radius 3 is 2.24 bits per heavy atom. The van der Waals surface area contributed by atoms with Gasteiger partial charge in [-0.1, -0.05) is 46.8 Å². The van der Waals surface area contributed by atoms with Crippen LogP contribution in [-0.4, -0.2) is 79.4 Å². The third kappa shape index (κ3) is 12.4. The van der Waals surface area contributed by atoms with Crippen molar-refractivity contribution in [3.8, 4) is 16.9 Å². The van der Waals surface area contributed by atoms with E-state index >= 15 is 0 Å². The number of nitrogens with zero attached hydrogens (tertiary/aromatic N) is 1. The number of hydrogen-bond donors (Lipinski definition) is 5. The van der Waals surface area contributed by atoms with Crippen molar-refractivity contribution in [1.29, 1.82) is 5.41 Å². The molecule has 0 bridgehead atoms. The molecule has 59 heavy (non-hydrogen) atoms. The number of anilines is 1. The van der Waals surface area contributed by atoms with E-state index < -0.39 is 60.9 Å². The highest BCUT2D eigenvalue weighted by molar-refractivity contribution is 6.11. The van der Waals surface area contributed by atoms with Crippen molar-refractivity contribution < 1.29 is 52.5 Å². The van der Waals surface area contributed by atoms with Crippen LogP contribution in [0.1, 0.15) is 96.3 Å². The van der Waals surface area contributed by atoms with Gasteiger partial charge in [-0.2, -0.15) is 0 Å². The lowest BCUT2D eigenvalue weighted by molar-refractivity contribution is -0.168. The van der Waals surface area contributed by atoms with Crippen molar-refractivity contribution in [3.63, 3.8) is 0 Å². The number of pyridine rings is 1. The largest absolute Gasteiger partial charge is 0.496 e. The van der Waals surface area contributed by atoms with E-state index in [4.69, 9.17) is 34.8 Å². The third-order valence-electron chi connectivity index (χ3n) is 9.30. The maximum atomic E-state index is 14.1. The summed E-state index contributed by atoms with van der Waals surface area (Å²) in [5.74, 6) is -3.81. The lowest BCUT2D eigenvalue weighted by Crippen LogP contribution is -2.38. The van der Waals surface area contributed by atoms with E-state index in [-0.39, 0.29) is 45.4 Å². The molecule has 1 heterocycles. The Morgan fingerprint density at radius 2 is 1.63 bits per heavy atom. The van der Waals surface area contributed by atoms with Crippen LogP contribution in [0, 0.1) is 23.2 Å². The monoisotopic (exact) mass is 814 g/mol. The zero-order chi connectivity index (χ0) is 43.4. The molecule has 3 atom stereocenters. The minimum Gasteiger partial charge on any atom is -0.496 e. The smallest absolute Gasteiger partial charge is 0.415 e. The molecule has 0 spiro atoms. The molecular formula is C42H50N6O11. The Bertz CT molecular complexity index is 2080. The summed E-state index contributed by atoms with van der Waals surface area (Å²) in [5.41, 5.74) is 6.81. The first-order valence-corrected chi connectivity index (χ1v) is 19.0. The molecule has 1 fully saturated rings. The first-order chi connectivity index (χ1) is 28.1. The lowest BCUT2D eigenvalue weighted by atomic mass is 9.94. The highest BCUT2D eigenvalue weighted by atomic mass is 16.7. The van der Waals surface area contributed by atoms with Crippen molar-refractivity contribution in [1.82, 2.24) is 15.6 Å². The van der Waals surface area contributed by atoms with Gasteiger partial charge in [-0.05, 0) is 73.2 Å². The van der Waals surface area contributed by atoms with Gasteiger partial charge in [0.25, 0.3) is 11.8 Å². The highest BCUT2D eigenvalue weighted by Gasteiger charge is 2.28. The summed E-state index contributed by atoms with van der Waals surface area (Å²) < 4.78 is 26.0. The Labute approximate surface area is 341 Å². The molecule has 3 aromatic rings. The maximum absolute atomic E-state index is 14.1. The summed E-state index contributed by atoms with van der Waals surface area (Å²) >= 11 is 0. The quantitative estimate of drug-likeness (QED) is 0.0467. The number of nitrogens with one attached hydrogen (secondary N) is 4. The van der Waals surface area contributed by atoms with Gasteiger partial charge < -0.3 is 40.1 Å². The average Bonchev–Trinajstić information content (AvgIpc) is 4.06. The van der Waals surface area contributed by atoms with Crippen LogP contribution in [-0.2, 0) is 28.5 Å². The molecule has 1 saturated carbocycles. The molecule has 314 valence electrons. The normalized spacial score (nSPS) is 13.5. The van der Waals surface area contributed by atoms with Crippen LogP contribution in [0.2, 0.25) is 0 Å². The third-order valence-corrected chi connectivity index (χ3v) is 9.30. The number of hydrogen-bond acceptors (Lipinski definition) is 14. The number of rotatable bonds is 18. The predicted octanol–water partition coefficient (Wildman–Crippen LogP) is 5.42. The second-order valence-corrected chi connectivity index (χ2v) is 14.1. The number of amides is 3. The summed E-state index contributed by atoms with van der Waals surface area (Å²) in [7, 11) is 1.42. The van der Waals surface area contributed by atoms with E-state index in [2.05, 4.69) is 27.5 Å². The summed E-state index contributed by atoms with van der Waals surface area (Å²) in [6, 6.07) is 10.9. The summed E-state index contributed by atoms with van der Waals surface area (Å²) in [5, 5.41) is 16.1. The molecule has 17 nitrogen and oxygen atoms in total. The van der Waals surface area contributed by atoms with Gasteiger partial charge >= 0.3 is 24.0 Å². The number of ether oxygens (including phenoxy) is 5. The number of amidine groups is 1. The number of nitrogens with two attached hydrogens (primary N) is 1. The van der Waals surface area contributed by atoms with Crippen LogP contribution in [0.5, 0.6) is 5.75 Å². The number of carbonyl (C=O) groups is 6. The van der Waals surface area contributed by atoms with Gasteiger partial charge in [0.2, 0.25) is 13.1 Å². The second kappa shape index (κ2) is 20.7. The van der Waals surface area contributed by atoms with Crippen LogP contribution < -0.4 is 26.4 Å². The summed E-state index contributed by atoms with van der Waals surface area (Å²) in [4.78, 5) is 81.8. The molecule has 0 saturated heterocycles. The van der Waals surface area contributed by atoms with Crippen LogP contribution >= 0.6 is 0 Å². The van der Waals surface area contributed by atoms with Gasteiger partial charge in [-0.25, -0.2) is 14.6 Å². The minimum atomic E-state index is -1.19. The fourth-order valence-electron chi connectivity index (χ4n) is 5.34. The molecule has 3 amide bonds. The molecule has 1 aliphatic carbocycles. The molecule has 1 aromatic heterocycles. The number of carbonyl (C=O) groups excluding carboxylic acids is 6. The van der Waals surface area contributed by atoms with E-state index in [0.717, 1.165) is 12.8 Å². The first kappa shape index (κ1) is 45.1. The van der Waals surface area contributed by atoms with E-state index in [1.165, 1.54) is 68.6 Å². The van der Waals surface area contributed by atoms with Crippen molar-refractivity contribution in [2.45, 2.75) is 66.2 Å². The minimum absolute atomic E-state index is 0.0435. The summed E-state index contributed by atoms with van der Waals surface area (Å²) in [6.45, 7) is 11.8. The fraction of sp³-hybridized carbons (Fsp3) is 0.381. The van der Waals surface area contributed by atoms with Crippen molar-refractivity contribution in [2.75, 3.05) is 25.8 Å². The number of alkyl carbamates (subject to hydrolysis) is 1. The van der Waals surface area contributed by atoms with Gasteiger partial charge in [-0.15, -0.1) is 0 Å². The van der Waals surface area contributed by atoms with Gasteiger partial charge in [0.1, 0.15) is 23.3 Å². The molecule has 4 rings (SSSR count). The van der Waals surface area contributed by atoms with E-state index in [0.29, 0.717) is 35.9 Å². The van der Waals surface area contributed by atoms with Gasteiger partial charge in [-0.3, -0.25) is 29.9 Å². The fourth-order valence-corrected chi connectivity index (χ4v) is 5.34. The van der Waals surface area contributed by atoms with E-state index in [1.54, 1.807) is 20.8 Å². The SMILES string of the molecule is C=Cc1cc(C(=O)Nc2ccc(C(=N)NC(=O)OC(C)OC(=O)C(C)C)cc2)c(-c2ccc(C(=O)NCC3CC3)nc2C(=O)OCOC(=O)[C@@H](N)C(C)CC)cc1OC. The Hall–Kier alpha value is -6.62. The molecule has 0 aliphatic heterocycles. The Balaban J connectivity index is 1.61. The highest BCUT2D eigenvalue weighted by Crippen LogP contribution is 2.35. The van der Waals surface area contributed by atoms with Crippen LogP contribution in [0.4, 0.5) is 10.5 Å². The first-order valence-electron chi connectivity index (χ1n) is 19.0. The van der Waals surface area contributed by atoms with Gasteiger partial charge in [0.05, 0.1) is 13.0 Å². The van der Waals surface area contributed by atoms with Crippen LogP contribution in [0.15, 0.2) is 55.1 Å². The molecule has 6 N–H and O–H groups in total. The average molecular weight is 815 g/mol. The molecule has 0 radical (unpaired) electrons. The molecule has 2 unspecified atom stereocenters. The standard InChI is InChI=1S/C42H50N6O11/c1-8-23(5)34(43)40(52)56-21-57-41(53)35-29(16-17-32(47-35)38(50)45-20-25-10-11-25)30-19-33(55-7)26(9-2)18-31(30)37(49)46-28-14-12-27(13-15-28)36(44)48-42(54)59-24(6)58-39(51)22(3)4/h9,12-19,22-25,34H,2,8,10-11,20-21,43H2,1,3-7H3,(H,45,50)(H,46,49)(H2,44,48,54)/t23?,24?,34-/m0/s1. The number of esters is 3. The number of methoxy groups -OCH3 is 1. The number of benzene rings is 2. The maximum Gasteiger partial charge on any atom is 0.415 e. The molecule has 2 aromatic carbocycles. The Kier molecular flexibility index (Phi) is 15.8. The Morgan fingerprint density at radius 1 is 0.932 bits per heavy atom. The number of aromatic nitrogens is 1. The van der Waals surface area contributed by atoms with Crippen molar-refractivity contribution >= 4 is 53.4 Å². The van der Waals surface area contributed by atoms with E-state index in [1.807, 2.05) is 6.92 Å². The second-order valence-electron chi connectivity index (χ2n) is 14.1. The lowest BCUT2D eigenvalue weighted by Gasteiger charge is -2.18. The zero-order valence-electron chi connectivity index (χ0n) is 33.8. The van der Waals surface area contributed by atoms with Crippen LogP contribution in [0.25, 0.3) is 17.2 Å². The summed E-state index contributed by atoms with van der Waals surface area (Å²) in [6.07, 6.45) is 1.89. The van der Waals surface area contributed by atoms with Gasteiger partial charge in [0.15, 0.2) is 5.69 Å². The van der Waals surface area contributed by atoms with Crippen molar-refractivity contribution in [2.24, 2.45) is 23.5 Å². The van der Waals surface area contributed by atoms with E-state index in [9.17, 15) is 28.8 Å². The van der Waals surface area contributed by atoms with Crippen LogP contribution in [0.3, 0.4) is 0 Å². The molecule has 17 heteroatoms. The predicted molar refractivity (Wildman–Crippen MR) is 216 cm³/mol.